The maximum atomic E-state index is 15.0. The van der Waals surface area contributed by atoms with Crippen molar-refractivity contribution in [1.82, 2.24) is 0 Å². The highest BCUT2D eigenvalue weighted by molar-refractivity contribution is 6.30. The van der Waals surface area contributed by atoms with Gasteiger partial charge in [-0.1, -0.05) is 30.7 Å². The average Bonchev–Trinajstić information content (AvgIpc) is 2.70. The molecular formula is C22H24ClFO4. The van der Waals surface area contributed by atoms with Gasteiger partial charge in [-0.15, -0.1) is 0 Å². The Labute approximate surface area is 168 Å². The van der Waals surface area contributed by atoms with Crippen LogP contribution in [-0.4, -0.2) is 29.4 Å². The summed E-state index contributed by atoms with van der Waals surface area (Å²) in [6.07, 6.45) is 1.81. The molecule has 2 aromatic carbocycles. The molecule has 0 bridgehead atoms. The number of aliphatic hydroxyl groups is 1. The summed E-state index contributed by atoms with van der Waals surface area (Å²) >= 11 is 5.88. The van der Waals surface area contributed by atoms with Crippen molar-refractivity contribution in [3.63, 3.8) is 0 Å². The van der Waals surface area contributed by atoms with Gasteiger partial charge in [-0.05, 0) is 60.6 Å². The molecule has 2 aromatic rings. The van der Waals surface area contributed by atoms with Gasteiger partial charge in [-0.25, -0.2) is 9.18 Å². The van der Waals surface area contributed by atoms with E-state index < -0.39 is 17.4 Å². The predicted octanol–water partition coefficient (Wildman–Crippen LogP) is 4.79. The first-order valence-corrected chi connectivity index (χ1v) is 9.83. The molecule has 150 valence electrons. The van der Waals surface area contributed by atoms with Crippen LogP contribution in [0.3, 0.4) is 0 Å². The number of ether oxygens (including phenoxy) is 1. The van der Waals surface area contributed by atoms with Crippen LogP contribution in [0.5, 0.6) is 0 Å². The van der Waals surface area contributed by atoms with Gasteiger partial charge in [0.25, 0.3) is 0 Å². The van der Waals surface area contributed by atoms with E-state index in [9.17, 15) is 15.0 Å². The van der Waals surface area contributed by atoms with Crippen LogP contribution >= 0.6 is 11.6 Å². The number of benzene rings is 2. The third-order valence-electron chi connectivity index (χ3n) is 5.66. The summed E-state index contributed by atoms with van der Waals surface area (Å²) in [6, 6.07) is 9.57. The van der Waals surface area contributed by atoms with Gasteiger partial charge in [0.05, 0.1) is 11.2 Å². The summed E-state index contributed by atoms with van der Waals surface area (Å²) in [7, 11) is 0. The van der Waals surface area contributed by atoms with Crippen molar-refractivity contribution < 1.29 is 24.1 Å². The van der Waals surface area contributed by atoms with Crippen molar-refractivity contribution >= 4 is 17.6 Å². The minimum absolute atomic E-state index is 0.101. The summed E-state index contributed by atoms with van der Waals surface area (Å²) in [4.78, 5) is 11.9. The first-order valence-electron chi connectivity index (χ1n) is 9.46. The van der Waals surface area contributed by atoms with Gasteiger partial charge in [0.1, 0.15) is 5.82 Å². The van der Waals surface area contributed by atoms with E-state index in [1.165, 1.54) is 12.1 Å². The highest BCUT2D eigenvalue weighted by atomic mass is 35.5. The van der Waals surface area contributed by atoms with Crippen LogP contribution in [0.15, 0.2) is 36.4 Å². The van der Waals surface area contributed by atoms with E-state index in [0.29, 0.717) is 43.1 Å². The lowest BCUT2D eigenvalue weighted by Gasteiger charge is -2.38. The smallest absolute Gasteiger partial charge is 0.336 e. The molecule has 1 heterocycles. The van der Waals surface area contributed by atoms with Crippen LogP contribution < -0.4 is 0 Å². The Morgan fingerprint density at radius 1 is 1.25 bits per heavy atom. The second-order valence-corrected chi connectivity index (χ2v) is 7.69. The molecule has 1 aliphatic heterocycles. The fraction of sp³-hybridized carbons (Fsp3) is 0.409. The van der Waals surface area contributed by atoms with Gasteiger partial charge in [0.2, 0.25) is 0 Å². The molecule has 3 rings (SSSR count). The van der Waals surface area contributed by atoms with Gasteiger partial charge in [0.15, 0.2) is 0 Å². The van der Waals surface area contributed by atoms with Crippen LogP contribution in [0.4, 0.5) is 4.39 Å². The van der Waals surface area contributed by atoms with Crippen molar-refractivity contribution in [3.05, 3.63) is 69.5 Å². The van der Waals surface area contributed by atoms with E-state index in [0.717, 1.165) is 5.56 Å². The Morgan fingerprint density at radius 3 is 2.46 bits per heavy atom. The normalized spacial score (nSPS) is 17.3. The summed E-state index contributed by atoms with van der Waals surface area (Å²) in [5.41, 5.74) is -0.230. The van der Waals surface area contributed by atoms with E-state index in [-0.39, 0.29) is 23.5 Å². The molecule has 0 saturated carbocycles. The van der Waals surface area contributed by atoms with Gasteiger partial charge in [0, 0.05) is 30.2 Å². The summed E-state index contributed by atoms with van der Waals surface area (Å²) < 4.78 is 20.4. The van der Waals surface area contributed by atoms with Crippen molar-refractivity contribution in [2.45, 2.75) is 38.2 Å². The summed E-state index contributed by atoms with van der Waals surface area (Å²) in [5.74, 6) is -1.94. The standard InChI is InChI=1S/C22H24ClFO4/c1-2-22(27,15-7-9-28-10-8-15)16-12-19(21(25)26)18(20(24)13-16)11-14-3-5-17(23)6-4-14/h3-6,12-13,15,27H,2,7-11H2,1H3,(H,25,26)/t22-/m0/s1. The minimum atomic E-state index is -1.28. The molecule has 28 heavy (non-hydrogen) atoms. The van der Waals surface area contributed by atoms with Crippen LogP contribution in [0, 0.1) is 11.7 Å². The van der Waals surface area contributed by atoms with E-state index >= 15 is 4.39 Å². The maximum Gasteiger partial charge on any atom is 0.336 e. The molecule has 0 aromatic heterocycles. The molecule has 0 aliphatic carbocycles. The summed E-state index contributed by atoms with van der Waals surface area (Å²) in [6.45, 7) is 2.90. The molecule has 0 radical (unpaired) electrons. The number of rotatable bonds is 6. The maximum absolute atomic E-state index is 15.0. The highest BCUT2D eigenvalue weighted by Gasteiger charge is 2.39. The third kappa shape index (κ3) is 4.22. The number of aromatic carboxylic acids is 1. The van der Waals surface area contributed by atoms with Crippen LogP contribution in [0.1, 0.15) is 53.2 Å². The molecule has 4 nitrogen and oxygen atoms in total. The Bertz CT molecular complexity index is 846. The molecule has 1 fully saturated rings. The number of carboxylic acid groups (broad SMARTS) is 1. The molecule has 0 amide bonds. The van der Waals surface area contributed by atoms with Crippen LogP contribution in [0.2, 0.25) is 5.02 Å². The topological polar surface area (TPSA) is 66.8 Å². The molecule has 1 atom stereocenters. The van der Waals surface area contributed by atoms with Crippen LogP contribution in [0.25, 0.3) is 0 Å². The molecule has 1 saturated heterocycles. The zero-order valence-corrected chi connectivity index (χ0v) is 16.5. The number of carbonyl (C=O) groups is 1. The van der Waals surface area contributed by atoms with E-state index in [1.54, 1.807) is 24.3 Å². The highest BCUT2D eigenvalue weighted by Crippen LogP contribution is 2.40. The Hall–Kier alpha value is -1.95. The second-order valence-electron chi connectivity index (χ2n) is 7.26. The fourth-order valence-electron chi connectivity index (χ4n) is 3.97. The lowest BCUT2D eigenvalue weighted by molar-refractivity contribution is -0.0732. The SMILES string of the molecule is CC[C@@](O)(c1cc(F)c(Cc2ccc(Cl)cc2)c(C(=O)O)c1)C1CCOCC1. The molecule has 0 spiro atoms. The number of halogens is 2. The fourth-order valence-corrected chi connectivity index (χ4v) is 4.09. The van der Waals surface area contributed by atoms with Gasteiger partial charge in [-0.2, -0.15) is 0 Å². The van der Waals surface area contributed by atoms with Crippen molar-refractivity contribution in [2.24, 2.45) is 5.92 Å². The third-order valence-corrected chi connectivity index (χ3v) is 5.91. The molecule has 0 unspecified atom stereocenters. The molecule has 1 aliphatic rings. The Kier molecular flexibility index (Phi) is 6.38. The lowest BCUT2D eigenvalue weighted by Crippen LogP contribution is -2.38. The second kappa shape index (κ2) is 8.60. The van der Waals surface area contributed by atoms with Gasteiger partial charge < -0.3 is 14.9 Å². The van der Waals surface area contributed by atoms with Gasteiger partial charge in [-0.3, -0.25) is 0 Å². The number of carboxylic acids is 1. The zero-order chi connectivity index (χ0) is 20.3. The zero-order valence-electron chi connectivity index (χ0n) is 15.8. The van der Waals surface area contributed by atoms with E-state index in [1.807, 2.05) is 6.92 Å². The lowest BCUT2D eigenvalue weighted by atomic mass is 9.74. The number of hydrogen-bond acceptors (Lipinski definition) is 3. The van der Waals surface area contributed by atoms with Gasteiger partial charge >= 0.3 is 5.97 Å². The predicted molar refractivity (Wildman–Crippen MR) is 105 cm³/mol. The quantitative estimate of drug-likeness (QED) is 0.723. The molecule has 2 N–H and O–H groups in total. The Morgan fingerprint density at radius 2 is 1.89 bits per heavy atom. The average molecular weight is 407 g/mol. The molecular weight excluding hydrogens is 383 g/mol. The first-order chi connectivity index (χ1) is 13.3. The monoisotopic (exact) mass is 406 g/mol. The number of hydrogen-bond donors (Lipinski definition) is 2. The van der Waals surface area contributed by atoms with Crippen LogP contribution in [-0.2, 0) is 16.8 Å². The van der Waals surface area contributed by atoms with Crippen molar-refractivity contribution in [3.8, 4) is 0 Å². The van der Waals surface area contributed by atoms with Crippen molar-refractivity contribution in [1.29, 1.82) is 0 Å². The van der Waals surface area contributed by atoms with Crippen molar-refractivity contribution in [2.75, 3.05) is 13.2 Å². The first kappa shape index (κ1) is 20.8. The Balaban J connectivity index is 2.02. The largest absolute Gasteiger partial charge is 0.478 e. The minimum Gasteiger partial charge on any atom is -0.478 e. The summed E-state index contributed by atoms with van der Waals surface area (Å²) in [5, 5.41) is 21.6. The molecule has 6 heteroatoms. The van der Waals surface area contributed by atoms with E-state index in [2.05, 4.69) is 0 Å². The van der Waals surface area contributed by atoms with E-state index in [4.69, 9.17) is 16.3 Å².